The van der Waals surface area contributed by atoms with Crippen molar-refractivity contribution in [3.8, 4) is 0 Å². The van der Waals surface area contributed by atoms with Gasteiger partial charge in [0, 0.05) is 4.90 Å². The number of aromatic nitrogens is 2. The zero-order valence-electron chi connectivity index (χ0n) is 11.8. The molecule has 0 fully saturated rings. The fourth-order valence-electron chi connectivity index (χ4n) is 1.86. The maximum atomic E-state index is 13.1. The highest BCUT2D eigenvalue weighted by Crippen LogP contribution is 2.22. The Morgan fingerprint density at radius 3 is 2.86 bits per heavy atom. The van der Waals surface area contributed by atoms with Crippen LogP contribution >= 0.6 is 27.7 Å². The van der Waals surface area contributed by atoms with Gasteiger partial charge in [-0.3, -0.25) is 4.79 Å². The number of aromatic amines is 1. The first-order valence-corrected chi connectivity index (χ1v) is 8.39. The molecule has 0 atom stereocenters. The summed E-state index contributed by atoms with van der Waals surface area (Å²) in [4.78, 5) is 19.9. The first kappa shape index (κ1) is 16.2. The smallest absolute Gasteiger partial charge is 0.265 e. The van der Waals surface area contributed by atoms with Gasteiger partial charge in [-0.05, 0) is 46.5 Å². The van der Waals surface area contributed by atoms with Gasteiger partial charge in [-0.25, -0.2) is 9.37 Å². The van der Waals surface area contributed by atoms with Crippen LogP contribution in [0.15, 0.2) is 38.4 Å². The van der Waals surface area contributed by atoms with Gasteiger partial charge in [0.15, 0.2) is 0 Å². The predicted octanol–water partition coefficient (Wildman–Crippen LogP) is 4.16. The van der Waals surface area contributed by atoms with Crippen LogP contribution in [0.3, 0.4) is 0 Å². The summed E-state index contributed by atoms with van der Waals surface area (Å²) < 4.78 is 13.6. The number of benzene rings is 1. The van der Waals surface area contributed by atoms with E-state index in [-0.39, 0.29) is 11.4 Å². The highest BCUT2D eigenvalue weighted by molar-refractivity contribution is 9.10. The average Bonchev–Trinajstić information content (AvgIpc) is 2.41. The van der Waals surface area contributed by atoms with E-state index in [2.05, 4.69) is 39.7 Å². The number of nitrogens with zero attached hydrogens (tertiary/aromatic N) is 1. The molecular formula is C15H16BrFN2OS. The van der Waals surface area contributed by atoms with Gasteiger partial charge >= 0.3 is 0 Å². The second-order valence-corrected chi connectivity index (χ2v) is 6.96. The zero-order chi connectivity index (χ0) is 15.4. The van der Waals surface area contributed by atoms with Gasteiger partial charge in [0.25, 0.3) is 5.56 Å². The van der Waals surface area contributed by atoms with Crippen LogP contribution < -0.4 is 5.56 Å². The number of nitrogens with one attached hydrogen (secondary N) is 1. The van der Waals surface area contributed by atoms with Crippen molar-refractivity contribution in [2.45, 2.75) is 30.9 Å². The third kappa shape index (κ3) is 4.68. The van der Waals surface area contributed by atoms with E-state index in [0.717, 1.165) is 17.0 Å². The van der Waals surface area contributed by atoms with Crippen molar-refractivity contribution >= 4 is 27.7 Å². The summed E-state index contributed by atoms with van der Waals surface area (Å²) in [5.41, 5.74) is 0.596. The van der Waals surface area contributed by atoms with Gasteiger partial charge in [0.1, 0.15) is 16.1 Å². The second-order valence-electron chi connectivity index (χ2n) is 5.12. The highest BCUT2D eigenvalue weighted by atomic mass is 79.9. The van der Waals surface area contributed by atoms with Gasteiger partial charge in [-0.1, -0.05) is 19.9 Å². The molecule has 21 heavy (non-hydrogen) atoms. The van der Waals surface area contributed by atoms with Crippen molar-refractivity contribution in [3.63, 3.8) is 0 Å². The first-order chi connectivity index (χ1) is 9.95. The molecular weight excluding hydrogens is 355 g/mol. The summed E-state index contributed by atoms with van der Waals surface area (Å²) in [6, 6.07) is 6.38. The summed E-state index contributed by atoms with van der Waals surface area (Å²) in [6.07, 6.45) is 0.738. The lowest BCUT2D eigenvalue weighted by Crippen LogP contribution is -2.16. The van der Waals surface area contributed by atoms with Crippen LogP contribution in [0.1, 0.15) is 25.4 Å². The molecule has 2 rings (SSSR count). The minimum atomic E-state index is -0.266. The fourth-order valence-corrected chi connectivity index (χ4v) is 3.02. The van der Waals surface area contributed by atoms with Crippen LogP contribution in [-0.2, 0) is 12.2 Å². The molecule has 0 unspecified atom stereocenters. The molecule has 0 spiro atoms. The monoisotopic (exact) mass is 370 g/mol. The Balaban J connectivity index is 2.17. The number of halogens is 2. The summed E-state index contributed by atoms with van der Waals surface area (Å²) >= 11 is 4.73. The molecule has 3 nitrogen and oxygen atoms in total. The van der Waals surface area contributed by atoms with E-state index in [0.29, 0.717) is 22.0 Å². The van der Waals surface area contributed by atoms with Crippen LogP contribution in [0.4, 0.5) is 4.39 Å². The average molecular weight is 371 g/mol. The third-order valence-corrected chi connectivity index (χ3v) is 4.58. The Morgan fingerprint density at radius 1 is 1.43 bits per heavy atom. The summed E-state index contributed by atoms with van der Waals surface area (Å²) in [7, 11) is 0. The normalized spacial score (nSPS) is 11.1. The van der Waals surface area contributed by atoms with Crippen LogP contribution in [-0.4, -0.2) is 9.97 Å². The molecule has 0 bridgehead atoms. The van der Waals surface area contributed by atoms with Gasteiger partial charge in [0.2, 0.25) is 0 Å². The van der Waals surface area contributed by atoms with Crippen LogP contribution in [0.5, 0.6) is 0 Å². The fraction of sp³-hybridized carbons (Fsp3) is 0.333. The van der Waals surface area contributed by atoms with Gasteiger partial charge < -0.3 is 4.98 Å². The molecule has 6 heteroatoms. The molecule has 0 aliphatic heterocycles. The molecule has 2 aromatic rings. The zero-order valence-corrected chi connectivity index (χ0v) is 14.2. The SMILES string of the molecule is CC(C)Cc1nc(CSc2cccc(F)c2)[nH]c(=O)c1Br. The van der Waals surface area contributed by atoms with E-state index in [1.54, 1.807) is 6.07 Å². The molecule has 0 saturated heterocycles. The number of hydrogen-bond acceptors (Lipinski definition) is 3. The maximum Gasteiger partial charge on any atom is 0.265 e. The van der Waals surface area contributed by atoms with Gasteiger partial charge in [-0.15, -0.1) is 11.8 Å². The summed E-state index contributed by atoms with van der Waals surface area (Å²) in [6.45, 7) is 4.16. The number of H-pyrrole nitrogens is 1. The van der Waals surface area contributed by atoms with E-state index < -0.39 is 0 Å². The van der Waals surface area contributed by atoms with Crippen LogP contribution in [0.2, 0.25) is 0 Å². The summed E-state index contributed by atoms with van der Waals surface area (Å²) in [5.74, 6) is 1.25. The summed E-state index contributed by atoms with van der Waals surface area (Å²) in [5, 5.41) is 0. The number of hydrogen-bond donors (Lipinski definition) is 1. The molecule has 0 aliphatic carbocycles. The Morgan fingerprint density at radius 2 is 2.19 bits per heavy atom. The van der Waals surface area contributed by atoms with Crippen molar-refractivity contribution in [1.82, 2.24) is 9.97 Å². The lowest BCUT2D eigenvalue weighted by molar-refractivity contribution is 0.624. The maximum absolute atomic E-state index is 13.1. The molecule has 0 radical (unpaired) electrons. The van der Waals surface area contributed by atoms with Crippen molar-refractivity contribution < 1.29 is 4.39 Å². The Labute approximate surface area is 135 Å². The largest absolute Gasteiger partial charge is 0.309 e. The third-order valence-electron chi connectivity index (χ3n) is 2.75. The molecule has 0 aliphatic rings. The van der Waals surface area contributed by atoms with E-state index in [1.165, 1.54) is 23.9 Å². The standard InChI is InChI=1S/C15H16BrFN2OS/c1-9(2)6-12-14(16)15(20)19-13(18-12)8-21-11-5-3-4-10(17)7-11/h3-5,7,9H,6,8H2,1-2H3,(H,18,19,20). The van der Waals surface area contributed by atoms with E-state index in [9.17, 15) is 9.18 Å². The Kier molecular flexibility index (Phi) is 5.58. The van der Waals surface area contributed by atoms with E-state index in [1.807, 2.05) is 6.07 Å². The van der Waals surface area contributed by atoms with Gasteiger partial charge in [0.05, 0.1) is 11.4 Å². The number of thioether (sulfide) groups is 1. The molecule has 1 aromatic heterocycles. The minimum absolute atomic E-state index is 0.171. The van der Waals surface area contributed by atoms with Crippen molar-refractivity contribution in [2.75, 3.05) is 0 Å². The minimum Gasteiger partial charge on any atom is -0.309 e. The quantitative estimate of drug-likeness (QED) is 0.803. The lowest BCUT2D eigenvalue weighted by Gasteiger charge is -2.08. The molecule has 0 amide bonds. The molecule has 112 valence electrons. The second kappa shape index (κ2) is 7.22. The van der Waals surface area contributed by atoms with Crippen molar-refractivity contribution in [1.29, 1.82) is 0 Å². The molecule has 1 N–H and O–H groups in total. The first-order valence-electron chi connectivity index (χ1n) is 6.61. The number of rotatable bonds is 5. The van der Waals surface area contributed by atoms with Gasteiger partial charge in [-0.2, -0.15) is 0 Å². The van der Waals surface area contributed by atoms with E-state index in [4.69, 9.17) is 0 Å². The van der Waals surface area contributed by atoms with Crippen molar-refractivity contribution in [3.05, 3.63) is 56.4 Å². The van der Waals surface area contributed by atoms with Crippen LogP contribution in [0, 0.1) is 11.7 Å². The Bertz CT molecular complexity index is 688. The molecule has 1 heterocycles. The molecule has 1 aromatic carbocycles. The molecule has 0 saturated carbocycles. The Hall–Kier alpha value is -1.14. The highest BCUT2D eigenvalue weighted by Gasteiger charge is 2.11. The predicted molar refractivity (Wildman–Crippen MR) is 87.1 cm³/mol. The van der Waals surface area contributed by atoms with Crippen LogP contribution in [0.25, 0.3) is 0 Å². The topological polar surface area (TPSA) is 45.8 Å². The lowest BCUT2D eigenvalue weighted by atomic mass is 10.1. The van der Waals surface area contributed by atoms with E-state index >= 15 is 0 Å². The van der Waals surface area contributed by atoms with Crippen molar-refractivity contribution in [2.24, 2.45) is 5.92 Å².